The van der Waals surface area contributed by atoms with Gasteiger partial charge in [0.15, 0.2) is 0 Å². The van der Waals surface area contributed by atoms with Gasteiger partial charge in [-0.05, 0) is 36.8 Å². The van der Waals surface area contributed by atoms with Gasteiger partial charge in [0.1, 0.15) is 0 Å². The van der Waals surface area contributed by atoms with Gasteiger partial charge < -0.3 is 4.48 Å². The molecule has 1 aliphatic rings. The van der Waals surface area contributed by atoms with Crippen molar-refractivity contribution in [3.63, 3.8) is 0 Å². The van der Waals surface area contributed by atoms with Crippen molar-refractivity contribution in [2.24, 2.45) is 5.92 Å². The van der Waals surface area contributed by atoms with Gasteiger partial charge in [-0.25, -0.2) is 0 Å². The Bertz CT molecular complexity index is 292. The Morgan fingerprint density at radius 1 is 1.27 bits per heavy atom. The first-order valence-electron chi connectivity index (χ1n) is 5.93. The molecule has 0 bridgehead atoms. The molecule has 2 rings (SSSR count). The second-order valence-corrected chi connectivity index (χ2v) is 5.42. The van der Waals surface area contributed by atoms with Gasteiger partial charge in [0, 0.05) is 0 Å². The normalized spacial score (nSPS) is 21.5. The maximum Gasteiger partial charge on any atom is 0.0785 e. The van der Waals surface area contributed by atoms with Crippen LogP contribution in [0.5, 0.6) is 0 Å². The molecule has 15 heavy (non-hydrogen) atoms. The van der Waals surface area contributed by atoms with Gasteiger partial charge >= 0.3 is 0 Å². The Hall–Kier alpha value is -0.820. The number of piperidine rings is 1. The SMILES string of the molecule is C[N+]1(C)CCC(Cc2[c]cccc2)CC1. The number of hydrogen-bond acceptors (Lipinski definition) is 0. The van der Waals surface area contributed by atoms with Crippen LogP contribution >= 0.6 is 0 Å². The summed E-state index contributed by atoms with van der Waals surface area (Å²) in [6, 6.07) is 11.7. The summed E-state index contributed by atoms with van der Waals surface area (Å²) in [7, 11) is 4.68. The summed E-state index contributed by atoms with van der Waals surface area (Å²) < 4.78 is 1.20. The summed E-state index contributed by atoms with van der Waals surface area (Å²) >= 11 is 0. The Kier molecular flexibility index (Phi) is 3.11. The monoisotopic (exact) mass is 203 g/mol. The van der Waals surface area contributed by atoms with E-state index in [0.717, 1.165) is 5.92 Å². The number of rotatable bonds is 2. The molecule has 1 aliphatic heterocycles. The van der Waals surface area contributed by atoms with Crippen molar-refractivity contribution in [2.75, 3.05) is 27.2 Å². The third-order valence-corrected chi connectivity index (χ3v) is 3.57. The van der Waals surface area contributed by atoms with E-state index in [2.05, 4.69) is 32.3 Å². The maximum atomic E-state index is 3.33. The zero-order chi connectivity index (χ0) is 10.7. The maximum absolute atomic E-state index is 3.33. The lowest BCUT2D eigenvalue weighted by atomic mass is 9.89. The summed E-state index contributed by atoms with van der Waals surface area (Å²) in [5.41, 5.74) is 1.38. The van der Waals surface area contributed by atoms with Crippen LogP contribution in [0.2, 0.25) is 0 Å². The van der Waals surface area contributed by atoms with E-state index in [4.69, 9.17) is 0 Å². The van der Waals surface area contributed by atoms with Crippen molar-refractivity contribution in [1.82, 2.24) is 0 Å². The molecule has 1 aromatic carbocycles. The fourth-order valence-electron chi connectivity index (χ4n) is 2.39. The molecule has 0 aromatic heterocycles. The summed E-state index contributed by atoms with van der Waals surface area (Å²) in [6.07, 6.45) is 3.96. The molecule has 1 saturated heterocycles. The molecule has 0 spiro atoms. The molecular formula is C14H21N+. The topological polar surface area (TPSA) is 0 Å². The zero-order valence-electron chi connectivity index (χ0n) is 9.87. The molecule has 1 heteroatoms. The second-order valence-electron chi connectivity index (χ2n) is 5.42. The molecule has 0 atom stereocenters. The highest BCUT2D eigenvalue weighted by atomic mass is 15.3. The van der Waals surface area contributed by atoms with Gasteiger partial charge in [0.25, 0.3) is 0 Å². The molecule has 1 heterocycles. The Balaban J connectivity index is 1.88. The summed E-state index contributed by atoms with van der Waals surface area (Å²) in [5, 5.41) is 0. The van der Waals surface area contributed by atoms with Crippen molar-refractivity contribution in [2.45, 2.75) is 19.3 Å². The molecular weight excluding hydrogens is 182 g/mol. The smallest absolute Gasteiger partial charge is 0.0785 e. The van der Waals surface area contributed by atoms with Gasteiger partial charge in [-0.15, -0.1) is 0 Å². The highest BCUT2D eigenvalue weighted by Gasteiger charge is 2.25. The number of nitrogens with zero attached hydrogens (tertiary/aromatic N) is 1. The van der Waals surface area contributed by atoms with Gasteiger partial charge in [0.05, 0.1) is 27.2 Å². The molecule has 81 valence electrons. The third-order valence-electron chi connectivity index (χ3n) is 3.57. The lowest BCUT2D eigenvalue weighted by Crippen LogP contribution is -2.46. The van der Waals surface area contributed by atoms with E-state index < -0.39 is 0 Å². The number of benzene rings is 1. The van der Waals surface area contributed by atoms with E-state index in [0.29, 0.717) is 0 Å². The van der Waals surface area contributed by atoms with E-state index in [9.17, 15) is 0 Å². The third kappa shape index (κ3) is 3.07. The standard InChI is InChI=1S/C14H21N/c1-15(2)10-8-14(9-11-15)12-13-6-4-3-5-7-13/h3-6,14H,8-12H2,1-2H3/q+1. The van der Waals surface area contributed by atoms with Crippen LogP contribution in [0.25, 0.3) is 0 Å². The molecule has 0 N–H and O–H groups in total. The number of quaternary nitrogens is 1. The van der Waals surface area contributed by atoms with Gasteiger partial charge in [-0.3, -0.25) is 0 Å². The highest BCUT2D eigenvalue weighted by molar-refractivity contribution is 5.13. The number of likely N-dealkylation sites (tertiary alicyclic amines) is 1. The van der Waals surface area contributed by atoms with Crippen LogP contribution in [0, 0.1) is 12.0 Å². The fraction of sp³-hybridized carbons (Fsp3) is 0.571. The Labute approximate surface area is 93.3 Å². The molecule has 0 aliphatic carbocycles. The average molecular weight is 203 g/mol. The minimum Gasteiger partial charge on any atom is -0.328 e. The molecule has 1 aromatic rings. The van der Waals surface area contributed by atoms with E-state index in [1.54, 1.807) is 0 Å². The van der Waals surface area contributed by atoms with Crippen LogP contribution in [-0.4, -0.2) is 31.7 Å². The minimum atomic E-state index is 0.884. The molecule has 0 unspecified atom stereocenters. The van der Waals surface area contributed by atoms with Gasteiger partial charge in [-0.1, -0.05) is 24.3 Å². The summed E-state index contributed by atoms with van der Waals surface area (Å²) in [4.78, 5) is 0. The second kappa shape index (κ2) is 4.36. The molecule has 1 nitrogen and oxygen atoms in total. The van der Waals surface area contributed by atoms with Crippen LogP contribution in [-0.2, 0) is 6.42 Å². The largest absolute Gasteiger partial charge is 0.328 e. The van der Waals surface area contributed by atoms with Crippen LogP contribution in [0.4, 0.5) is 0 Å². The van der Waals surface area contributed by atoms with Crippen molar-refractivity contribution in [1.29, 1.82) is 0 Å². The van der Waals surface area contributed by atoms with E-state index in [-0.39, 0.29) is 0 Å². The van der Waals surface area contributed by atoms with Crippen molar-refractivity contribution in [3.8, 4) is 0 Å². The van der Waals surface area contributed by atoms with Crippen molar-refractivity contribution >= 4 is 0 Å². The van der Waals surface area contributed by atoms with Crippen molar-refractivity contribution < 1.29 is 4.48 Å². The predicted molar refractivity (Wildman–Crippen MR) is 63.5 cm³/mol. The average Bonchev–Trinajstić information content (AvgIpc) is 2.23. The Morgan fingerprint density at radius 2 is 2.00 bits per heavy atom. The minimum absolute atomic E-state index is 0.884. The first kappa shape index (κ1) is 10.7. The van der Waals surface area contributed by atoms with E-state index in [1.807, 2.05) is 12.1 Å². The van der Waals surface area contributed by atoms with E-state index in [1.165, 1.54) is 42.4 Å². The molecule has 0 amide bonds. The van der Waals surface area contributed by atoms with Crippen molar-refractivity contribution in [3.05, 3.63) is 35.9 Å². The lowest BCUT2D eigenvalue weighted by Gasteiger charge is -2.37. The molecule has 1 radical (unpaired) electrons. The first-order valence-corrected chi connectivity index (χ1v) is 5.93. The van der Waals surface area contributed by atoms with Crippen LogP contribution in [0.3, 0.4) is 0 Å². The fourth-order valence-corrected chi connectivity index (χ4v) is 2.39. The van der Waals surface area contributed by atoms with Crippen LogP contribution < -0.4 is 0 Å². The van der Waals surface area contributed by atoms with Gasteiger partial charge in [0.2, 0.25) is 0 Å². The quantitative estimate of drug-likeness (QED) is 0.648. The summed E-state index contributed by atoms with van der Waals surface area (Å²) in [5.74, 6) is 0.884. The Morgan fingerprint density at radius 3 is 2.60 bits per heavy atom. The molecule has 0 saturated carbocycles. The van der Waals surface area contributed by atoms with Crippen LogP contribution in [0.15, 0.2) is 24.3 Å². The van der Waals surface area contributed by atoms with E-state index >= 15 is 0 Å². The van der Waals surface area contributed by atoms with Crippen LogP contribution in [0.1, 0.15) is 18.4 Å². The van der Waals surface area contributed by atoms with Gasteiger partial charge in [-0.2, -0.15) is 0 Å². The first-order chi connectivity index (χ1) is 7.16. The zero-order valence-corrected chi connectivity index (χ0v) is 9.87. The number of hydrogen-bond donors (Lipinski definition) is 0. The predicted octanol–water partition coefficient (Wildman–Crippen LogP) is 2.52. The lowest BCUT2D eigenvalue weighted by molar-refractivity contribution is -0.896. The molecule has 1 fully saturated rings. The summed E-state index contributed by atoms with van der Waals surface area (Å²) in [6.45, 7) is 2.66. The highest BCUT2D eigenvalue weighted by Crippen LogP contribution is 2.23.